The van der Waals surface area contributed by atoms with Crippen LogP contribution in [-0.4, -0.2) is 250 Å². The maximum Gasteiger partial charge on any atom is 0.343 e. The highest BCUT2D eigenvalue weighted by atomic mass is 32.2. The lowest BCUT2D eigenvalue weighted by molar-refractivity contribution is -0.172. The third kappa shape index (κ3) is 27.1. The van der Waals surface area contributed by atoms with Gasteiger partial charge in [0, 0.05) is 87.1 Å². The van der Waals surface area contributed by atoms with Gasteiger partial charge in [0.15, 0.2) is 5.60 Å². The molecule has 2 aliphatic carbocycles. The van der Waals surface area contributed by atoms with Crippen molar-refractivity contribution in [2.24, 2.45) is 5.92 Å². The van der Waals surface area contributed by atoms with Gasteiger partial charge in [-0.25, -0.2) is 32.6 Å². The van der Waals surface area contributed by atoms with E-state index in [-0.39, 0.29) is 113 Å². The zero-order chi connectivity index (χ0) is 82.1. The minimum atomic E-state index is -3.61. The molecule has 8 amide bonds. The van der Waals surface area contributed by atoms with Crippen molar-refractivity contribution in [2.45, 2.75) is 133 Å². The molecule has 9 rings (SSSR count). The zero-order valence-electron chi connectivity index (χ0n) is 64.8. The highest BCUT2D eigenvalue weighted by Gasteiger charge is 2.46. The van der Waals surface area contributed by atoms with Gasteiger partial charge in [0.2, 0.25) is 62.3 Å². The summed E-state index contributed by atoms with van der Waals surface area (Å²) in [5, 5.41) is 32.6. The van der Waals surface area contributed by atoms with Gasteiger partial charge in [0.25, 0.3) is 5.56 Å². The van der Waals surface area contributed by atoms with E-state index in [0.717, 1.165) is 11.8 Å². The molecule has 3 aromatic heterocycles. The molecule has 115 heavy (non-hydrogen) atoms. The SMILES string of the molecule is CC[C@@]1(O)C(=O)OCc2c1cc1n(c2=O)Cc2c-1nc1cc(F)c3c(c1c2CNC(=O)[C@@H](OCNC(=O)CNC(=O)[C@H](Cc1ccccc1)NC(=O)CNC(=O)CNC(=O)CC[C@H](NC(=O)CCCC#Cc1cnc(S(C)(=O)=O)nc1)C(=O)NCCOCCOCCOCCOCCOCCOCCOCCOC)C1CC1)CCC3. The quantitative estimate of drug-likeness (QED) is 0.00787. The first-order chi connectivity index (χ1) is 55.6. The number of carbonyl (C=O) groups is 9. The number of nitrogens with zero attached hydrogens (tertiary/aromatic N) is 4. The van der Waals surface area contributed by atoms with E-state index in [1.807, 2.05) is 0 Å². The molecule has 2 aliphatic heterocycles. The summed E-state index contributed by atoms with van der Waals surface area (Å²) in [7, 11) is -2.00. The topological polar surface area (TPSA) is 457 Å². The molecule has 0 radical (unpaired) electrons. The number of rotatable bonds is 51. The van der Waals surface area contributed by atoms with Gasteiger partial charge in [-0.1, -0.05) is 49.1 Å². The maximum atomic E-state index is 15.7. The number of aryl methyl sites for hydroxylation is 1. The second kappa shape index (κ2) is 45.4. The fourth-order valence-electron chi connectivity index (χ4n) is 12.9. The largest absolute Gasteiger partial charge is 0.458 e. The molecule has 37 heteroatoms. The highest BCUT2D eigenvalue weighted by Crippen LogP contribution is 2.43. The van der Waals surface area contributed by atoms with Gasteiger partial charge >= 0.3 is 5.97 Å². The van der Waals surface area contributed by atoms with Gasteiger partial charge in [-0.3, -0.25) is 43.2 Å². The van der Waals surface area contributed by atoms with E-state index in [9.17, 15) is 61.5 Å². The van der Waals surface area contributed by atoms with Crippen molar-refractivity contribution >= 4 is 74.0 Å². The van der Waals surface area contributed by atoms with Crippen molar-refractivity contribution < 1.29 is 108 Å². The van der Waals surface area contributed by atoms with Crippen molar-refractivity contribution in [3.05, 3.63) is 116 Å². The summed E-state index contributed by atoms with van der Waals surface area (Å²) in [6.45, 7) is 4.66. The van der Waals surface area contributed by atoms with Crippen molar-refractivity contribution in [1.82, 2.24) is 62.1 Å². The first kappa shape index (κ1) is 89.1. The van der Waals surface area contributed by atoms with Crippen LogP contribution >= 0.6 is 0 Å². The Balaban J connectivity index is 0.689. The average molecular weight is 1630 g/mol. The molecule has 0 bridgehead atoms. The van der Waals surface area contributed by atoms with Gasteiger partial charge in [0.05, 0.1) is 153 Å². The van der Waals surface area contributed by atoms with Crippen LogP contribution in [0.4, 0.5) is 4.39 Å². The number of amides is 8. The standard InChI is InChI=1S/C78H101FN12O23S/c1-4-78(102)58-39-63-70-56(47-91(63)75(100)57(58)48-113-76(78)101)55(69-54-16-11-15-53(54)59(79)40-61(69)90-70)43-83-74(99)71(52-18-19-52)114-49-87-67(95)45-84-73(98)62(38-50-12-7-5-8-13-50)89-68(96)46-82-66(94)44-81-64(92)21-20-60(88-65(93)17-10-6-9-14-51-41-85-77(86-42-51)115(3,103)104)72(97)80-22-23-106-26-27-108-30-31-110-34-35-112-37-36-111-33-32-109-29-28-107-25-24-105-2/h5,7-8,12-13,39-42,52,60,62,71,102H,4,6,10-11,15-38,43-49H2,1-3H3,(H,80,97)(H,81,92)(H,82,94)(H,83,99)(H,84,98)(H,87,95)(H,88,93)(H,89,96)/t60-,62-,71-,78-/m0/s1. The lowest BCUT2D eigenvalue weighted by Crippen LogP contribution is -2.52. The number of halogens is 1. The molecule has 4 atom stereocenters. The van der Waals surface area contributed by atoms with Gasteiger partial charge < -0.3 is 99.6 Å². The van der Waals surface area contributed by atoms with Crippen molar-refractivity contribution in [2.75, 3.05) is 145 Å². The van der Waals surface area contributed by atoms with E-state index in [2.05, 4.69) is 64.3 Å². The number of cyclic esters (lactones) is 1. The number of ether oxygens (including phenoxy) is 10. The summed E-state index contributed by atoms with van der Waals surface area (Å²) in [6.07, 6.45) is 5.38. The zero-order valence-corrected chi connectivity index (χ0v) is 65.6. The lowest BCUT2D eigenvalue weighted by Gasteiger charge is -2.31. The van der Waals surface area contributed by atoms with Crippen LogP contribution in [0.5, 0.6) is 0 Å². The van der Waals surface area contributed by atoms with Gasteiger partial charge in [-0.15, -0.1) is 0 Å². The van der Waals surface area contributed by atoms with Crippen LogP contribution in [-0.2, 0) is 145 Å². The van der Waals surface area contributed by atoms with Crippen LogP contribution in [0.1, 0.15) is 109 Å². The van der Waals surface area contributed by atoms with Crippen LogP contribution in [0.15, 0.2) is 64.8 Å². The molecular formula is C78H101FN12O23S. The van der Waals surface area contributed by atoms with E-state index in [1.54, 1.807) is 50.4 Å². The predicted octanol–water partition coefficient (Wildman–Crippen LogP) is -0.172. The summed E-state index contributed by atoms with van der Waals surface area (Å²) >= 11 is 0. The van der Waals surface area contributed by atoms with Crippen molar-refractivity contribution in [3.63, 3.8) is 0 Å². The Kier molecular flexibility index (Phi) is 35.2. The molecule has 624 valence electrons. The Hall–Kier alpha value is -9.85. The van der Waals surface area contributed by atoms with E-state index < -0.39 is 125 Å². The number of benzene rings is 2. The Morgan fingerprint density at radius 3 is 1.90 bits per heavy atom. The molecule has 1 saturated carbocycles. The molecule has 0 spiro atoms. The van der Waals surface area contributed by atoms with Crippen LogP contribution in [0, 0.1) is 23.6 Å². The number of aliphatic hydroxyl groups is 1. The molecule has 1 fully saturated rings. The lowest BCUT2D eigenvalue weighted by atomic mass is 9.86. The molecule has 0 saturated heterocycles. The molecule has 35 nitrogen and oxygen atoms in total. The Morgan fingerprint density at radius 1 is 0.678 bits per heavy atom. The normalized spacial score (nSPS) is 15.3. The van der Waals surface area contributed by atoms with E-state index in [4.69, 9.17) is 52.4 Å². The van der Waals surface area contributed by atoms with Crippen LogP contribution in [0.25, 0.3) is 22.3 Å². The third-order valence-electron chi connectivity index (χ3n) is 19.1. The molecule has 0 unspecified atom stereocenters. The smallest absolute Gasteiger partial charge is 0.343 e. The molecular weight excluding hydrogens is 1520 g/mol. The van der Waals surface area contributed by atoms with Gasteiger partial charge in [0.1, 0.15) is 37.3 Å². The third-order valence-corrected chi connectivity index (χ3v) is 19.9. The number of hydrogen-bond acceptors (Lipinski definition) is 26. The highest BCUT2D eigenvalue weighted by molar-refractivity contribution is 7.90. The van der Waals surface area contributed by atoms with E-state index >= 15 is 4.39 Å². The summed E-state index contributed by atoms with van der Waals surface area (Å²) < 4.78 is 95.2. The fourth-order valence-corrected chi connectivity index (χ4v) is 13.4. The molecule has 4 aliphatic rings. The van der Waals surface area contributed by atoms with Crippen molar-refractivity contribution in [1.29, 1.82) is 0 Å². The number of fused-ring (bicyclic) bond motifs is 7. The molecule has 5 aromatic rings. The number of sulfone groups is 1. The molecule has 2 aromatic carbocycles. The fraction of sp³-hybridized carbons (Fsp3) is 0.551. The first-order valence-electron chi connectivity index (χ1n) is 38.3. The number of hydrogen-bond donors (Lipinski definition) is 9. The maximum absolute atomic E-state index is 15.7. The van der Waals surface area contributed by atoms with Gasteiger partial charge in [-0.2, -0.15) is 0 Å². The minimum absolute atomic E-state index is 0.0296. The van der Waals surface area contributed by atoms with E-state index in [0.29, 0.717) is 161 Å². The van der Waals surface area contributed by atoms with Crippen LogP contribution < -0.4 is 48.1 Å². The Bertz CT molecular complexity index is 4450. The van der Waals surface area contributed by atoms with Crippen molar-refractivity contribution in [3.8, 4) is 23.2 Å². The van der Waals surface area contributed by atoms with Gasteiger partial charge in [-0.05, 0) is 85.6 Å². The number of nitrogens with one attached hydrogen (secondary N) is 8. The number of unbranched alkanes of at least 4 members (excludes halogenated alkanes) is 1. The summed E-state index contributed by atoms with van der Waals surface area (Å²) in [5.74, 6) is -1.19. The molecule has 5 heterocycles. The number of aromatic nitrogens is 4. The average Bonchev–Trinajstić information content (AvgIpc) is 1.58. The predicted molar refractivity (Wildman–Crippen MR) is 408 cm³/mol. The summed E-state index contributed by atoms with van der Waals surface area (Å²) in [5.41, 5.74) is 2.17. The number of esters is 1. The van der Waals surface area contributed by atoms with Crippen LogP contribution in [0.2, 0.25) is 0 Å². The Morgan fingerprint density at radius 2 is 1.27 bits per heavy atom. The number of methoxy groups -OCH3 is 1. The second-order valence-corrected chi connectivity index (χ2v) is 29.4. The second-order valence-electron chi connectivity index (χ2n) is 27.5. The summed E-state index contributed by atoms with van der Waals surface area (Å²) in [6, 6.07) is 9.12. The molecule has 9 N–H and O–H groups in total. The summed E-state index contributed by atoms with van der Waals surface area (Å²) in [4.78, 5) is 147. The first-order valence-corrected chi connectivity index (χ1v) is 40.2. The van der Waals surface area contributed by atoms with E-state index in [1.165, 1.54) is 23.0 Å². The Labute approximate surface area is 664 Å². The number of carbonyl (C=O) groups excluding carboxylic acids is 9. The minimum Gasteiger partial charge on any atom is -0.458 e. The number of pyridine rings is 2. The van der Waals surface area contributed by atoms with Crippen LogP contribution in [0.3, 0.4) is 0 Å². The monoisotopic (exact) mass is 1620 g/mol.